The number of hydrogen-bond acceptors (Lipinski definition) is 8. The summed E-state index contributed by atoms with van der Waals surface area (Å²) in [6.45, 7) is 4.17. The van der Waals surface area contributed by atoms with Crippen LogP contribution in [0.2, 0.25) is 0 Å². The molecule has 0 radical (unpaired) electrons. The van der Waals surface area contributed by atoms with Crippen LogP contribution in [-0.2, 0) is 4.74 Å². The smallest absolute Gasteiger partial charge is 0.265 e. The Labute approximate surface area is 168 Å². The van der Waals surface area contributed by atoms with E-state index in [4.69, 9.17) is 10.5 Å². The molecule has 1 atom stereocenters. The summed E-state index contributed by atoms with van der Waals surface area (Å²) in [5.41, 5.74) is 6.83. The number of halogens is 2. The van der Waals surface area contributed by atoms with E-state index >= 15 is 0 Å². The van der Waals surface area contributed by atoms with Crippen LogP contribution in [0.1, 0.15) is 26.2 Å². The minimum Gasteiger partial charge on any atom is -0.375 e. The Hall–Kier alpha value is -2.62. The molecule has 4 rings (SSSR count). The SMILES string of the molecule is CC[C@H]1CN(c2cc(-c3cnc(N)nc3)nc(N3CCCC(F)(F)C3)n2)CCO1. The van der Waals surface area contributed by atoms with Gasteiger partial charge in [0, 0.05) is 50.1 Å². The van der Waals surface area contributed by atoms with Crippen LogP contribution in [0.15, 0.2) is 18.5 Å². The number of piperidine rings is 1. The van der Waals surface area contributed by atoms with Crippen molar-refractivity contribution in [1.29, 1.82) is 0 Å². The third-order valence-electron chi connectivity index (χ3n) is 5.26. The van der Waals surface area contributed by atoms with Gasteiger partial charge in [-0.3, -0.25) is 0 Å². The molecule has 2 aromatic rings. The molecule has 0 saturated carbocycles. The van der Waals surface area contributed by atoms with Gasteiger partial charge in [-0.25, -0.2) is 23.7 Å². The van der Waals surface area contributed by atoms with Gasteiger partial charge in [0.25, 0.3) is 5.92 Å². The molecule has 0 aliphatic carbocycles. The average Bonchev–Trinajstić information content (AvgIpc) is 2.73. The van der Waals surface area contributed by atoms with Crippen molar-refractivity contribution >= 4 is 17.7 Å². The molecule has 2 fully saturated rings. The number of morpholine rings is 1. The van der Waals surface area contributed by atoms with Crippen molar-refractivity contribution in [2.24, 2.45) is 0 Å². The Morgan fingerprint density at radius 3 is 2.72 bits per heavy atom. The quantitative estimate of drug-likeness (QED) is 0.829. The number of nitrogens with two attached hydrogens (primary N) is 1. The molecule has 0 aromatic carbocycles. The number of anilines is 3. The van der Waals surface area contributed by atoms with Crippen molar-refractivity contribution < 1.29 is 13.5 Å². The van der Waals surface area contributed by atoms with E-state index in [1.165, 1.54) is 0 Å². The van der Waals surface area contributed by atoms with Crippen molar-refractivity contribution in [2.45, 2.75) is 38.2 Å². The van der Waals surface area contributed by atoms with Crippen LogP contribution in [0.4, 0.5) is 26.5 Å². The van der Waals surface area contributed by atoms with E-state index < -0.39 is 5.92 Å². The van der Waals surface area contributed by atoms with E-state index in [2.05, 4.69) is 31.8 Å². The van der Waals surface area contributed by atoms with Gasteiger partial charge in [0.2, 0.25) is 11.9 Å². The van der Waals surface area contributed by atoms with Crippen LogP contribution in [0.5, 0.6) is 0 Å². The number of nitrogens with zero attached hydrogens (tertiary/aromatic N) is 6. The molecule has 10 heteroatoms. The Kier molecular flexibility index (Phi) is 5.44. The molecule has 2 aromatic heterocycles. The molecule has 156 valence electrons. The fourth-order valence-electron chi connectivity index (χ4n) is 3.65. The highest BCUT2D eigenvalue weighted by Crippen LogP contribution is 2.31. The second-order valence-electron chi connectivity index (χ2n) is 7.47. The highest BCUT2D eigenvalue weighted by molar-refractivity contribution is 5.64. The van der Waals surface area contributed by atoms with Crippen LogP contribution in [-0.4, -0.2) is 64.7 Å². The molecule has 0 unspecified atom stereocenters. The molecule has 29 heavy (non-hydrogen) atoms. The maximum atomic E-state index is 14.0. The van der Waals surface area contributed by atoms with Crippen molar-refractivity contribution in [3.63, 3.8) is 0 Å². The molecule has 2 N–H and O–H groups in total. The van der Waals surface area contributed by atoms with Crippen LogP contribution in [0.25, 0.3) is 11.3 Å². The van der Waals surface area contributed by atoms with Gasteiger partial charge in [0.1, 0.15) is 5.82 Å². The molecule has 4 heterocycles. The summed E-state index contributed by atoms with van der Waals surface area (Å²) < 4.78 is 33.8. The summed E-state index contributed by atoms with van der Waals surface area (Å²) in [6, 6.07) is 1.85. The van der Waals surface area contributed by atoms with Gasteiger partial charge < -0.3 is 20.3 Å². The third-order valence-corrected chi connectivity index (χ3v) is 5.26. The molecule has 2 aliphatic rings. The Bertz CT molecular complexity index is 849. The van der Waals surface area contributed by atoms with Gasteiger partial charge >= 0.3 is 0 Å². The Morgan fingerprint density at radius 1 is 1.21 bits per heavy atom. The van der Waals surface area contributed by atoms with E-state index in [1.54, 1.807) is 17.3 Å². The summed E-state index contributed by atoms with van der Waals surface area (Å²) in [7, 11) is 0. The molecule has 2 saturated heterocycles. The van der Waals surface area contributed by atoms with E-state index in [0.29, 0.717) is 55.7 Å². The van der Waals surface area contributed by atoms with Gasteiger partial charge in [-0.2, -0.15) is 4.98 Å². The summed E-state index contributed by atoms with van der Waals surface area (Å²) >= 11 is 0. The van der Waals surface area contributed by atoms with Crippen molar-refractivity contribution in [3.8, 4) is 11.3 Å². The zero-order chi connectivity index (χ0) is 20.4. The number of nitrogen functional groups attached to an aromatic ring is 1. The van der Waals surface area contributed by atoms with Crippen LogP contribution < -0.4 is 15.5 Å². The zero-order valence-corrected chi connectivity index (χ0v) is 16.4. The largest absolute Gasteiger partial charge is 0.375 e. The molecule has 0 bridgehead atoms. The zero-order valence-electron chi connectivity index (χ0n) is 16.4. The average molecular weight is 405 g/mol. The summed E-state index contributed by atoms with van der Waals surface area (Å²) in [4.78, 5) is 20.9. The minimum atomic E-state index is -2.74. The highest BCUT2D eigenvalue weighted by Gasteiger charge is 2.36. The fourth-order valence-corrected chi connectivity index (χ4v) is 3.65. The predicted octanol–water partition coefficient (Wildman–Crippen LogP) is 2.37. The number of aromatic nitrogens is 4. The molecule has 8 nitrogen and oxygen atoms in total. The third kappa shape index (κ3) is 4.52. The predicted molar refractivity (Wildman–Crippen MR) is 106 cm³/mol. The van der Waals surface area contributed by atoms with E-state index in [1.807, 2.05) is 6.07 Å². The first-order valence-corrected chi connectivity index (χ1v) is 9.90. The van der Waals surface area contributed by atoms with E-state index in [9.17, 15) is 8.78 Å². The number of rotatable bonds is 4. The molecule has 2 aliphatic heterocycles. The lowest BCUT2D eigenvalue weighted by Crippen LogP contribution is -2.44. The van der Waals surface area contributed by atoms with E-state index in [0.717, 1.165) is 6.42 Å². The lowest BCUT2D eigenvalue weighted by Gasteiger charge is -2.35. The number of hydrogen-bond donors (Lipinski definition) is 1. The first-order valence-electron chi connectivity index (χ1n) is 9.90. The molecule has 0 spiro atoms. The van der Waals surface area contributed by atoms with Gasteiger partial charge in [-0.1, -0.05) is 6.92 Å². The van der Waals surface area contributed by atoms with Gasteiger partial charge in [-0.05, 0) is 12.8 Å². The lowest BCUT2D eigenvalue weighted by molar-refractivity contribution is -0.0120. The normalized spacial score (nSPS) is 22.0. The van der Waals surface area contributed by atoms with Gasteiger partial charge in [0.15, 0.2) is 0 Å². The molecule has 0 amide bonds. The van der Waals surface area contributed by atoms with Crippen molar-refractivity contribution in [3.05, 3.63) is 18.5 Å². The number of ether oxygens (including phenoxy) is 1. The maximum absolute atomic E-state index is 14.0. The minimum absolute atomic E-state index is 0.108. The lowest BCUT2D eigenvalue weighted by atomic mass is 10.1. The summed E-state index contributed by atoms with van der Waals surface area (Å²) in [5, 5.41) is 0. The first kappa shape index (κ1) is 19.7. The van der Waals surface area contributed by atoms with Crippen molar-refractivity contribution in [1.82, 2.24) is 19.9 Å². The topological polar surface area (TPSA) is 93.3 Å². The fraction of sp³-hybridized carbons (Fsp3) is 0.579. The molecular formula is C19H25F2N7O. The second kappa shape index (κ2) is 8.02. The van der Waals surface area contributed by atoms with Gasteiger partial charge in [-0.15, -0.1) is 0 Å². The summed E-state index contributed by atoms with van der Waals surface area (Å²) in [5.74, 6) is -1.59. The van der Waals surface area contributed by atoms with Crippen LogP contribution >= 0.6 is 0 Å². The summed E-state index contributed by atoms with van der Waals surface area (Å²) in [6.07, 6.45) is 4.46. The molecular weight excluding hydrogens is 380 g/mol. The van der Waals surface area contributed by atoms with Crippen LogP contribution in [0.3, 0.4) is 0 Å². The highest BCUT2D eigenvalue weighted by atomic mass is 19.3. The first-order chi connectivity index (χ1) is 13.9. The van der Waals surface area contributed by atoms with Crippen LogP contribution in [0, 0.1) is 0 Å². The maximum Gasteiger partial charge on any atom is 0.265 e. The Morgan fingerprint density at radius 2 is 2.00 bits per heavy atom. The standard InChI is InChI=1S/C19H25F2N7O/c1-2-14-11-27(6-7-29-14)16-8-15(13-9-23-17(22)24-10-13)25-18(26-16)28-5-3-4-19(20,21)12-28/h8-10,14H,2-7,11-12H2,1H3,(H2,22,23,24)/t14-/m0/s1. The second-order valence-corrected chi connectivity index (χ2v) is 7.47. The van der Waals surface area contributed by atoms with Crippen molar-refractivity contribution in [2.75, 3.05) is 48.3 Å². The number of alkyl halides is 2. The van der Waals surface area contributed by atoms with E-state index in [-0.39, 0.29) is 25.0 Å². The Balaban J connectivity index is 1.72. The monoisotopic (exact) mass is 405 g/mol. The van der Waals surface area contributed by atoms with Gasteiger partial charge in [0.05, 0.1) is 24.9 Å².